The van der Waals surface area contributed by atoms with Gasteiger partial charge in [0.25, 0.3) is 5.91 Å². The summed E-state index contributed by atoms with van der Waals surface area (Å²) < 4.78 is 10.6. The minimum atomic E-state index is -0.198. The van der Waals surface area contributed by atoms with Crippen molar-refractivity contribution in [2.75, 3.05) is 19.5 Å². The Kier molecular flexibility index (Phi) is 5.00. The summed E-state index contributed by atoms with van der Waals surface area (Å²) in [6, 6.07) is 5.57. The number of methoxy groups -OCH3 is 2. The highest BCUT2D eigenvalue weighted by molar-refractivity contribution is 7.17. The zero-order chi connectivity index (χ0) is 18.0. The Balaban J connectivity index is 1.88. The molecular formula is C17H17N3O3S2. The molecule has 0 saturated heterocycles. The number of hydrogen-bond donors (Lipinski definition) is 1. The number of rotatable bonds is 5. The van der Waals surface area contributed by atoms with Crippen molar-refractivity contribution in [1.82, 2.24) is 9.97 Å². The van der Waals surface area contributed by atoms with Crippen LogP contribution < -0.4 is 14.8 Å². The van der Waals surface area contributed by atoms with Crippen molar-refractivity contribution in [1.29, 1.82) is 0 Å². The van der Waals surface area contributed by atoms with E-state index in [4.69, 9.17) is 9.47 Å². The molecule has 1 N–H and O–H groups in total. The van der Waals surface area contributed by atoms with Gasteiger partial charge in [-0.2, -0.15) is 0 Å². The van der Waals surface area contributed by atoms with Crippen LogP contribution in [0.1, 0.15) is 20.2 Å². The summed E-state index contributed by atoms with van der Waals surface area (Å²) in [4.78, 5) is 22.8. The van der Waals surface area contributed by atoms with Gasteiger partial charge in [0.1, 0.15) is 9.88 Å². The number of aromatic nitrogens is 2. The second-order valence-corrected chi connectivity index (χ2v) is 7.47. The molecule has 0 aliphatic heterocycles. The topological polar surface area (TPSA) is 73.3 Å². The second-order valence-electron chi connectivity index (χ2n) is 5.23. The predicted molar refractivity (Wildman–Crippen MR) is 100 cm³/mol. The Labute approximate surface area is 153 Å². The summed E-state index contributed by atoms with van der Waals surface area (Å²) in [5.41, 5.74) is 1.55. The van der Waals surface area contributed by atoms with Gasteiger partial charge in [-0.1, -0.05) is 0 Å². The van der Waals surface area contributed by atoms with Crippen LogP contribution in [0.3, 0.4) is 0 Å². The van der Waals surface area contributed by atoms with Crippen molar-refractivity contribution >= 4 is 33.7 Å². The van der Waals surface area contributed by atoms with Crippen LogP contribution in [-0.2, 0) is 0 Å². The van der Waals surface area contributed by atoms with E-state index >= 15 is 0 Å². The highest BCUT2D eigenvalue weighted by atomic mass is 32.1. The normalized spacial score (nSPS) is 10.6. The largest absolute Gasteiger partial charge is 0.493 e. The third-order valence-corrected chi connectivity index (χ3v) is 5.51. The number of hydrogen-bond acceptors (Lipinski definition) is 7. The highest BCUT2D eigenvalue weighted by Gasteiger charge is 2.18. The molecule has 6 nitrogen and oxygen atoms in total. The quantitative estimate of drug-likeness (QED) is 0.725. The van der Waals surface area contributed by atoms with Crippen LogP contribution >= 0.6 is 22.7 Å². The molecule has 130 valence electrons. The molecule has 3 rings (SSSR count). The van der Waals surface area contributed by atoms with E-state index in [1.54, 1.807) is 20.4 Å². The van der Waals surface area contributed by atoms with Crippen molar-refractivity contribution in [3.63, 3.8) is 0 Å². The molecular weight excluding hydrogens is 358 g/mol. The van der Waals surface area contributed by atoms with Crippen LogP contribution in [0.4, 0.5) is 5.13 Å². The van der Waals surface area contributed by atoms with Crippen molar-refractivity contribution in [2.45, 2.75) is 13.8 Å². The third-order valence-electron chi connectivity index (χ3n) is 3.48. The molecule has 0 spiro atoms. The number of carbonyl (C=O) groups is 1. The lowest BCUT2D eigenvalue weighted by atomic mass is 10.2. The van der Waals surface area contributed by atoms with Crippen LogP contribution in [0.5, 0.6) is 11.5 Å². The van der Waals surface area contributed by atoms with Crippen molar-refractivity contribution in [3.05, 3.63) is 39.8 Å². The van der Waals surface area contributed by atoms with E-state index in [-0.39, 0.29) is 5.91 Å². The molecule has 2 aromatic heterocycles. The summed E-state index contributed by atoms with van der Waals surface area (Å²) in [7, 11) is 3.18. The lowest BCUT2D eigenvalue weighted by Crippen LogP contribution is -2.11. The first-order chi connectivity index (χ1) is 12.0. The first-order valence-electron chi connectivity index (χ1n) is 7.45. The van der Waals surface area contributed by atoms with Gasteiger partial charge in [0, 0.05) is 16.6 Å². The van der Waals surface area contributed by atoms with Gasteiger partial charge in [-0.05, 0) is 32.0 Å². The molecule has 0 atom stereocenters. The average molecular weight is 375 g/mol. The molecule has 0 radical (unpaired) electrons. The van der Waals surface area contributed by atoms with Crippen LogP contribution in [0, 0.1) is 13.8 Å². The number of nitrogens with zero attached hydrogens (tertiary/aromatic N) is 2. The summed E-state index contributed by atoms with van der Waals surface area (Å²) in [5, 5.41) is 4.15. The molecule has 0 aliphatic rings. The first kappa shape index (κ1) is 17.4. The van der Waals surface area contributed by atoms with E-state index in [1.165, 1.54) is 22.7 Å². The fourth-order valence-electron chi connectivity index (χ4n) is 2.27. The number of carbonyl (C=O) groups excluding carboxylic acids is 1. The SMILES string of the molecule is COc1ccc(-c2nc(C)c(C(=O)Nc3ncc(C)s3)s2)cc1OC. The van der Waals surface area contributed by atoms with E-state index < -0.39 is 0 Å². The number of ether oxygens (including phenoxy) is 2. The third kappa shape index (κ3) is 3.64. The summed E-state index contributed by atoms with van der Waals surface area (Å²) >= 11 is 2.78. The molecule has 0 bridgehead atoms. The highest BCUT2D eigenvalue weighted by Crippen LogP contribution is 2.35. The smallest absolute Gasteiger partial charge is 0.269 e. The van der Waals surface area contributed by atoms with Crippen LogP contribution in [0.25, 0.3) is 10.6 Å². The molecule has 0 aliphatic carbocycles. The molecule has 25 heavy (non-hydrogen) atoms. The summed E-state index contributed by atoms with van der Waals surface area (Å²) in [6.07, 6.45) is 1.73. The monoisotopic (exact) mass is 375 g/mol. The van der Waals surface area contributed by atoms with Crippen molar-refractivity contribution < 1.29 is 14.3 Å². The fourth-order valence-corrected chi connectivity index (χ4v) is 3.88. The van der Waals surface area contributed by atoms with Gasteiger partial charge < -0.3 is 9.47 Å². The minimum absolute atomic E-state index is 0.198. The molecule has 1 aromatic carbocycles. The van der Waals surface area contributed by atoms with Crippen LogP contribution in [0.2, 0.25) is 0 Å². The average Bonchev–Trinajstić information content (AvgIpc) is 3.19. The maximum absolute atomic E-state index is 12.5. The van der Waals surface area contributed by atoms with Gasteiger partial charge >= 0.3 is 0 Å². The van der Waals surface area contributed by atoms with E-state index in [1.807, 2.05) is 32.0 Å². The van der Waals surface area contributed by atoms with Gasteiger partial charge in [-0.25, -0.2) is 9.97 Å². The maximum Gasteiger partial charge on any atom is 0.269 e. The van der Waals surface area contributed by atoms with Gasteiger partial charge in [-0.15, -0.1) is 22.7 Å². The molecule has 2 heterocycles. The number of benzene rings is 1. The molecule has 0 unspecified atom stereocenters. The Hall–Kier alpha value is -2.45. The molecule has 1 amide bonds. The number of amides is 1. The Bertz CT molecular complexity index is 918. The van der Waals surface area contributed by atoms with Crippen LogP contribution in [0.15, 0.2) is 24.4 Å². The van der Waals surface area contributed by atoms with Crippen LogP contribution in [-0.4, -0.2) is 30.1 Å². The number of thiazole rings is 2. The number of anilines is 1. The van der Waals surface area contributed by atoms with Gasteiger partial charge in [0.15, 0.2) is 16.6 Å². The van der Waals surface area contributed by atoms with Gasteiger partial charge in [0.2, 0.25) is 0 Å². The standard InChI is InChI=1S/C17H17N3O3S2/c1-9-8-18-17(24-9)20-15(21)14-10(2)19-16(25-14)11-5-6-12(22-3)13(7-11)23-4/h5-8H,1-4H3,(H,18,20,21). The summed E-state index contributed by atoms with van der Waals surface area (Å²) in [5.74, 6) is 1.07. The fraction of sp³-hybridized carbons (Fsp3) is 0.235. The van der Waals surface area contributed by atoms with Crippen molar-refractivity contribution in [3.8, 4) is 22.1 Å². The van der Waals surface area contributed by atoms with E-state index in [9.17, 15) is 4.79 Å². The summed E-state index contributed by atoms with van der Waals surface area (Å²) in [6.45, 7) is 3.77. The van der Waals surface area contributed by atoms with E-state index in [0.29, 0.717) is 27.2 Å². The first-order valence-corrected chi connectivity index (χ1v) is 9.08. The number of nitrogens with one attached hydrogen (secondary N) is 1. The molecule has 0 fully saturated rings. The molecule has 3 aromatic rings. The van der Waals surface area contributed by atoms with E-state index in [2.05, 4.69) is 15.3 Å². The minimum Gasteiger partial charge on any atom is -0.493 e. The Morgan fingerprint density at radius 3 is 2.52 bits per heavy atom. The zero-order valence-corrected chi connectivity index (χ0v) is 15.9. The van der Waals surface area contributed by atoms with Gasteiger partial charge in [-0.3, -0.25) is 10.1 Å². The maximum atomic E-state index is 12.5. The van der Waals surface area contributed by atoms with Crippen molar-refractivity contribution in [2.24, 2.45) is 0 Å². The Morgan fingerprint density at radius 2 is 1.88 bits per heavy atom. The second kappa shape index (κ2) is 7.20. The molecule has 0 saturated carbocycles. The van der Waals surface area contributed by atoms with Gasteiger partial charge in [0.05, 0.1) is 19.9 Å². The lowest BCUT2D eigenvalue weighted by Gasteiger charge is -2.08. The predicted octanol–water partition coefficient (Wildman–Crippen LogP) is 4.15. The Morgan fingerprint density at radius 1 is 1.12 bits per heavy atom. The zero-order valence-electron chi connectivity index (χ0n) is 14.2. The van der Waals surface area contributed by atoms with E-state index in [0.717, 1.165) is 15.4 Å². The molecule has 8 heteroatoms. The lowest BCUT2D eigenvalue weighted by molar-refractivity contribution is 0.103. The number of aryl methyl sites for hydroxylation is 2.